The SMILES string of the molecule is Cc1ccc(C(=O)N2[C@H]3CC[C@H]2CC(Cc2ccc4cc[nH]c4n2)C3)cc1NCc1ccncc1. The van der Waals surface area contributed by atoms with Crippen molar-refractivity contribution in [1.29, 1.82) is 0 Å². The third-order valence-corrected chi connectivity index (χ3v) is 7.75. The number of rotatable bonds is 6. The smallest absolute Gasteiger partial charge is 0.254 e. The van der Waals surface area contributed by atoms with Gasteiger partial charge in [-0.1, -0.05) is 6.07 Å². The minimum Gasteiger partial charge on any atom is -0.381 e. The molecule has 178 valence electrons. The number of carbonyl (C=O) groups is 1. The van der Waals surface area contributed by atoms with Crippen molar-refractivity contribution in [3.63, 3.8) is 0 Å². The van der Waals surface area contributed by atoms with Crippen molar-refractivity contribution >= 4 is 22.6 Å². The monoisotopic (exact) mass is 465 g/mol. The molecule has 1 amide bonds. The topological polar surface area (TPSA) is 73.9 Å². The second-order valence-electron chi connectivity index (χ2n) is 10.1. The highest BCUT2D eigenvalue weighted by Crippen LogP contribution is 2.41. The van der Waals surface area contributed by atoms with Gasteiger partial charge in [0.05, 0.1) is 0 Å². The molecule has 1 aromatic carbocycles. The Kier molecular flexibility index (Phi) is 5.72. The number of carbonyl (C=O) groups excluding carboxylic acids is 1. The summed E-state index contributed by atoms with van der Waals surface area (Å²) in [6.07, 6.45) is 10.9. The molecule has 2 N–H and O–H groups in total. The van der Waals surface area contributed by atoms with Gasteiger partial charge in [-0.2, -0.15) is 0 Å². The first kappa shape index (κ1) is 21.8. The number of hydrogen-bond donors (Lipinski definition) is 2. The van der Waals surface area contributed by atoms with Crippen molar-refractivity contribution in [2.75, 3.05) is 5.32 Å². The van der Waals surface area contributed by atoms with E-state index in [0.717, 1.165) is 65.6 Å². The fourth-order valence-electron chi connectivity index (χ4n) is 5.96. The van der Waals surface area contributed by atoms with Crippen LogP contribution in [0.4, 0.5) is 5.69 Å². The lowest BCUT2D eigenvalue weighted by Crippen LogP contribution is -2.47. The number of pyridine rings is 2. The number of H-pyrrole nitrogens is 1. The molecule has 35 heavy (non-hydrogen) atoms. The van der Waals surface area contributed by atoms with Crippen LogP contribution in [-0.2, 0) is 13.0 Å². The molecule has 2 atom stereocenters. The fourth-order valence-corrected chi connectivity index (χ4v) is 5.96. The number of amides is 1. The highest BCUT2D eigenvalue weighted by molar-refractivity contribution is 5.96. The standard InChI is InChI=1S/C29H31N5O/c1-19-2-3-23(17-27(19)32-18-20-8-11-30-12-9-20)29(35)34-25-6-7-26(34)16-21(15-25)14-24-5-4-22-10-13-31-28(22)33-24/h2-5,8-13,17,21,25-26,32H,6-7,14-16,18H2,1H3,(H,31,33)/t25-,26-/m0/s1. The molecule has 5 heterocycles. The molecule has 0 aliphatic carbocycles. The van der Waals surface area contributed by atoms with E-state index in [9.17, 15) is 4.79 Å². The molecule has 0 radical (unpaired) electrons. The van der Waals surface area contributed by atoms with Crippen molar-refractivity contribution in [2.24, 2.45) is 5.92 Å². The van der Waals surface area contributed by atoms with Crippen LogP contribution in [0, 0.1) is 12.8 Å². The molecule has 0 spiro atoms. The van der Waals surface area contributed by atoms with E-state index in [1.807, 2.05) is 30.5 Å². The summed E-state index contributed by atoms with van der Waals surface area (Å²) >= 11 is 0. The summed E-state index contributed by atoms with van der Waals surface area (Å²) in [5.74, 6) is 0.751. The zero-order chi connectivity index (χ0) is 23.8. The van der Waals surface area contributed by atoms with Crippen molar-refractivity contribution in [3.8, 4) is 0 Å². The van der Waals surface area contributed by atoms with E-state index in [1.165, 1.54) is 5.56 Å². The Bertz CT molecular complexity index is 1330. The van der Waals surface area contributed by atoms with Crippen LogP contribution in [0.3, 0.4) is 0 Å². The Morgan fingerprint density at radius 3 is 2.66 bits per heavy atom. The van der Waals surface area contributed by atoms with Crippen LogP contribution in [0.1, 0.15) is 52.9 Å². The highest BCUT2D eigenvalue weighted by Gasteiger charge is 2.43. The molecular weight excluding hydrogens is 434 g/mol. The predicted octanol–water partition coefficient (Wildman–Crippen LogP) is 5.50. The Hall–Kier alpha value is -3.67. The summed E-state index contributed by atoms with van der Waals surface area (Å²) in [6.45, 7) is 2.79. The maximum atomic E-state index is 13.7. The van der Waals surface area contributed by atoms with Gasteiger partial charge >= 0.3 is 0 Å². The van der Waals surface area contributed by atoms with Gasteiger partial charge in [0.25, 0.3) is 5.91 Å². The largest absolute Gasteiger partial charge is 0.381 e. The minimum absolute atomic E-state index is 0.175. The molecule has 2 bridgehead atoms. The Labute approximate surface area is 205 Å². The number of nitrogens with zero attached hydrogens (tertiary/aromatic N) is 3. The summed E-state index contributed by atoms with van der Waals surface area (Å²) in [7, 11) is 0. The number of fused-ring (bicyclic) bond motifs is 3. The van der Waals surface area contributed by atoms with Gasteiger partial charge in [0.2, 0.25) is 0 Å². The molecule has 2 aliphatic rings. The molecule has 4 aromatic rings. The average Bonchev–Trinajstić information content (AvgIpc) is 3.45. The molecule has 6 nitrogen and oxygen atoms in total. The lowest BCUT2D eigenvalue weighted by atomic mass is 9.86. The molecule has 6 rings (SSSR count). The number of aromatic amines is 1. The summed E-state index contributed by atoms with van der Waals surface area (Å²) in [5.41, 5.74) is 6.21. The molecule has 0 saturated carbocycles. The molecule has 0 unspecified atom stereocenters. The van der Waals surface area contributed by atoms with E-state index in [4.69, 9.17) is 4.98 Å². The Morgan fingerprint density at radius 2 is 1.86 bits per heavy atom. The summed E-state index contributed by atoms with van der Waals surface area (Å²) in [5, 5.41) is 4.66. The number of piperidine rings is 1. The fraction of sp³-hybridized carbons (Fsp3) is 0.345. The lowest BCUT2D eigenvalue weighted by molar-refractivity contribution is 0.0524. The van der Waals surface area contributed by atoms with Crippen molar-refractivity contribution in [1.82, 2.24) is 19.9 Å². The van der Waals surface area contributed by atoms with Gasteiger partial charge < -0.3 is 15.2 Å². The summed E-state index contributed by atoms with van der Waals surface area (Å²) in [4.78, 5) is 28.0. The first-order valence-electron chi connectivity index (χ1n) is 12.6. The van der Waals surface area contributed by atoms with Crippen molar-refractivity contribution in [3.05, 3.63) is 89.5 Å². The van der Waals surface area contributed by atoms with E-state index in [2.05, 4.69) is 51.4 Å². The van der Waals surface area contributed by atoms with Gasteiger partial charge in [0, 0.05) is 59.5 Å². The first-order chi connectivity index (χ1) is 17.1. The molecule has 6 heteroatoms. The lowest BCUT2D eigenvalue weighted by Gasteiger charge is -2.39. The van der Waals surface area contributed by atoms with Gasteiger partial charge in [-0.15, -0.1) is 0 Å². The quantitative estimate of drug-likeness (QED) is 0.394. The van der Waals surface area contributed by atoms with Crippen LogP contribution < -0.4 is 5.32 Å². The van der Waals surface area contributed by atoms with Crippen molar-refractivity contribution in [2.45, 2.75) is 57.7 Å². The van der Waals surface area contributed by atoms with E-state index >= 15 is 0 Å². The summed E-state index contributed by atoms with van der Waals surface area (Å²) < 4.78 is 0. The highest BCUT2D eigenvalue weighted by atomic mass is 16.2. The van der Waals surface area contributed by atoms with Gasteiger partial charge in [-0.3, -0.25) is 9.78 Å². The second-order valence-corrected chi connectivity index (χ2v) is 10.1. The average molecular weight is 466 g/mol. The Balaban J connectivity index is 1.14. The first-order valence-corrected chi connectivity index (χ1v) is 12.6. The van der Waals surface area contributed by atoms with Crippen LogP contribution in [-0.4, -0.2) is 37.8 Å². The van der Waals surface area contributed by atoms with Crippen molar-refractivity contribution < 1.29 is 4.79 Å². The number of anilines is 1. The number of nitrogens with one attached hydrogen (secondary N) is 2. The maximum absolute atomic E-state index is 13.7. The van der Waals surface area contributed by atoms with E-state index in [-0.39, 0.29) is 5.91 Å². The number of hydrogen-bond acceptors (Lipinski definition) is 4. The zero-order valence-corrected chi connectivity index (χ0v) is 20.1. The number of aromatic nitrogens is 3. The third kappa shape index (κ3) is 4.41. The van der Waals surface area contributed by atoms with Crippen LogP contribution >= 0.6 is 0 Å². The van der Waals surface area contributed by atoms with Crippen LogP contribution in [0.5, 0.6) is 0 Å². The van der Waals surface area contributed by atoms with Crippen LogP contribution in [0.25, 0.3) is 11.0 Å². The Morgan fingerprint density at radius 1 is 1.06 bits per heavy atom. The van der Waals surface area contributed by atoms with Gasteiger partial charge in [0.1, 0.15) is 5.65 Å². The minimum atomic E-state index is 0.175. The molecule has 3 aromatic heterocycles. The molecular formula is C29H31N5O. The van der Waals surface area contributed by atoms with Gasteiger partial charge in [-0.25, -0.2) is 4.98 Å². The molecule has 2 aliphatic heterocycles. The normalized spacial score (nSPS) is 21.4. The number of benzene rings is 1. The van der Waals surface area contributed by atoms with E-state index in [1.54, 1.807) is 12.4 Å². The molecule has 2 fully saturated rings. The van der Waals surface area contributed by atoms with E-state index < -0.39 is 0 Å². The maximum Gasteiger partial charge on any atom is 0.254 e. The van der Waals surface area contributed by atoms with E-state index in [0.29, 0.717) is 24.5 Å². The summed E-state index contributed by atoms with van der Waals surface area (Å²) in [6, 6.07) is 17.1. The molecule has 2 saturated heterocycles. The van der Waals surface area contributed by atoms with Gasteiger partial charge in [-0.05, 0) is 98.5 Å². The second kappa shape index (κ2) is 9.17. The number of aryl methyl sites for hydroxylation is 1. The van der Waals surface area contributed by atoms with Gasteiger partial charge in [0.15, 0.2) is 0 Å². The third-order valence-electron chi connectivity index (χ3n) is 7.75. The van der Waals surface area contributed by atoms with Crippen LogP contribution in [0.15, 0.2) is 67.1 Å². The zero-order valence-electron chi connectivity index (χ0n) is 20.1. The predicted molar refractivity (Wildman–Crippen MR) is 138 cm³/mol. The van der Waals surface area contributed by atoms with Crippen LogP contribution in [0.2, 0.25) is 0 Å².